The molecule has 0 heterocycles. The molecule has 1 atom stereocenters. The van der Waals surface area contributed by atoms with Crippen LogP contribution in [-0.2, 0) is 9.53 Å². The second-order valence-electron chi connectivity index (χ2n) is 2.56. The van der Waals surface area contributed by atoms with E-state index in [2.05, 4.69) is 0 Å². The van der Waals surface area contributed by atoms with Gasteiger partial charge in [0.15, 0.2) is 0 Å². The lowest BCUT2D eigenvalue weighted by Gasteiger charge is -2.14. The Balaban J connectivity index is 0. The van der Waals surface area contributed by atoms with Gasteiger partial charge in [-0.1, -0.05) is 13.8 Å². The molecule has 3 heteroatoms. The Morgan fingerprint density at radius 3 is 1.80 bits per heavy atom. The van der Waals surface area contributed by atoms with E-state index in [1.54, 1.807) is 0 Å². The minimum absolute atomic E-state index is 0. The summed E-state index contributed by atoms with van der Waals surface area (Å²) in [5.41, 5.74) is 0. The van der Waals surface area contributed by atoms with Crippen molar-refractivity contribution in [3.63, 3.8) is 0 Å². The molecule has 0 aromatic rings. The van der Waals surface area contributed by atoms with Gasteiger partial charge in [-0.25, -0.2) is 0 Å². The van der Waals surface area contributed by atoms with Gasteiger partial charge in [-0.3, -0.25) is 4.79 Å². The third-order valence-corrected chi connectivity index (χ3v) is 1.29. The molecule has 0 fully saturated rings. The van der Waals surface area contributed by atoms with Crippen molar-refractivity contribution >= 4 is 5.97 Å². The van der Waals surface area contributed by atoms with Gasteiger partial charge in [-0.15, -0.1) is 0 Å². The first kappa shape index (κ1) is 12.1. The molecule has 3 N–H and O–H groups in total. The van der Waals surface area contributed by atoms with Crippen molar-refractivity contribution < 1.29 is 9.53 Å². The van der Waals surface area contributed by atoms with Crippen LogP contribution in [0.4, 0.5) is 0 Å². The first-order valence-electron chi connectivity index (χ1n) is 3.21. The molecule has 3 nitrogen and oxygen atoms in total. The van der Waals surface area contributed by atoms with Crippen LogP contribution in [0.3, 0.4) is 0 Å². The molecule has 62 valence electrons. The molecule has 0 aliphatic heterocycles. The summed E-state index contributed by atoms with van der Waals surface area (Å²) in [5, 5.41) is 0. The standard InChI is InChI=1S/C7H14O2.H3N/c1-5(2)6(3)9-7(4)8;/h5-6H,1-4H3;1H3. The Labute approximate surface area is 62.3 Å². The molecule has 0 radical (unpaired) electrons. The van der Waals surface area contributed by atoms with E-state index in [4.69, 9.17) is 4.74 Å². The monoisotopic (exact) mass is 147 g/mol. The molecule has 0 aromatic carbocycles. The maximum absolute atomic E-state index is 10.3. The molecular weight excluding hydrogens is 130 g/mol. The first-order chi connectivity index (χ1) is 4.04. The predicted octanol–water partition coefficient (Wildman–Crippen LogP) is 1.76. The zero-order valence-electron chi connectivity index (χ0n) is 7.18. The highest BCUT2D eigenvalue weighted by atomic mass is 16.5. The maximum atomic E-state index is 10.3. The molecule has 0 spiro atoms. The SMILES string of the molecule is CC(=O)OC(C)C(C)C.N. The van der Waals surface area contributed by atoms with Crippen molar-refractivity contribution in [3.05, 3.63) is 0 Å². The van der Waals surface area contributed by atoms with E-state index in [-0.39, 0.29) is 18.2 Å². The normalized spacial score (nSPS) is 12.1. The van der Waals surface area contributed by atoms with Gasteiger partial charge >= 0.3 is 5.97 Å². The van der Waals surface area contributed by atoms with Crippen LogP contribution in [-0.4, -0.2) is 12.1 Å². The van der Waals surface area contributed by atoms with Crippen LogP contribution in [0.25, 0.3) is 0 Å². The Morgan fingerprint density at radius 1 is 1.30 bits per heavy atom. The summed E-state index contributed by atoms with van der Waals surface area (Å²) < 4.78 is 4.87. The fraction of sp³-hybridized carbons (Fsp3) is 0.857. The fourth-order valence-electron chi connectivity index (χ4n) is 0.398. The summed E-state index contributed by atoms with van der Waals surface area (Å²) in [5.74, 6) is 0.213. The van der Waals surface area contributed by atoms with Crippen LogP contribution < -0.4 is 6.15 Å². The van der Waals surface area contributed by atoms with Crippen molar-refractivity contribution in [2.75, 3.05) is 0 Å². The molecule has 0 aromatic heterocycles. The maximum Gasteiger partial charge on any atom is 0.302 e. The van der Waals surface area contributed by atoms with E-state index in [0.717, 1.165) is 0 Å². The lowest BCUT2D eigenvalue weighted by atomic mass is 10.1. The largest absolute Gasteiger partial charge is 0.463 e. The summed E-state index contributed by atoms with van der Waals surface area (Å²) >= 11 is 0. The summed E-state index contributed by atoms with van der Waals surface area (Å²) in [6, 6.07) is 0. The Morgan fingerprint density at radius 2 is 1.70 bits per heavy atom. The molecule has 0 aliphatic rings. The third-order valence-electron chi connectivity index (χ3n) is 1.29. The lowest BCUT2D eigenvalue weighted by Crippen LogP contribution is -2.17. The van der Waals surface area contributed by atoms with Crippen LogP contribution >= 0.6 is 0 Å². The summed E-state index contributed by atoms with van der Waals surface area (Å²) in [4.78, 5) is 10.3. The van der Waals surface area contributed by atoms with Crippen LogP contribution in [0.15, 0.2) is 0 Å². The van der Waals surface area contributed by atoms with Gasteiger partial charge in [0.2, 0.25) is 0 Å². The molecule has 10 heavy (non-hydrogen) atoms. The van der Waals surface area contributed by atoms with E-state index in [9.17, 15) is 4.79 Å². The van der Waals surface area contributed by atoms with Crippen molar-refractivity contribution in [1.29, 1.82) is 0 Å². The van der Waals surface area contributed by atoms with Crippen molar-refractivity contribution in [2.24, 2.45) is 5.92 Å². The van der Waals surface area contributed by atoms with Gasteiger partial charge in [0.25, 0.3) is 0 Å². The zero-order valence-corrected chi connectivity index (χ0v) is 7.18. The fourth-order valence-corrected chi connectivity index (χ4v) is 0.398. The molecule has 1 unspecified atom stereocenters. The highest BCUT2D eigenvalue weighted by molar-refractivity contribution is 5.66. The minimum Gasteiger partial charge on any atom is -0.463 e. The van der Waals surface area contributed by atoms with Gasteiger partial charge in [0.1, 0.15) is 6.10 Å². The Kier molecular flexibility index (Phi) is 6.35. The highest BCUT2D eigenvalue weighted by Gasteiger charge is 2.08. The quantitative estimate of drug-likeness (QED) is 0.605. The number of ether oxygens (including phenoxy) is 1. The summed E-state index contributed by atoms with van der Waals surface area (Å²) in [7, 11) is 0. The molecule has 0 aliphatic carbocycles. The zero-order chi connectivity index (χ0) is 7.44. The first-order valence-corrected chi connectivity index (χ1v) is 3.21. The van der Waals surface area contributed by atoms with Crippen molar-refractivity contribution in [1.82, 2.24) is 6.15 Å². The minimum atomic E-state index is -0.198. The molecule has 0 amide bonds. The number of carbonyl (C=O) groups excluding carboxylic acids is 1. The molecule has 0 saturated heterocycles. The van der Waals surface area contributed by atoms with Gasteiger partial charge in [0, 0.05) is 6.92 Å². The van der Waals surface area contributed by atoms with E-state index in [1.165, 1.54) is 6.92 Å². The molecule has 0 saturated carbocycles. The van der Waals surface area contributed by atoms with Gasteiger partial charge in [0.05, 0.1) is 0 Å². The number of rotatable bonds is 2. The smallest absolute Gasteiger partial charge is 0.302 e. The Bertz CT molecular complexity index is 102. The summed E-state index contributed by atoms with van der Waals surface area (Å²) in [6.07, 6.45) is 0.0440. The summed E-state index contributed by atoms with van der Waals surface area (Å²) in [6.45, 7) is 7.37. The van der Waals surface area contributed by atoms with Crippen LogP contribution in [0.2, 0.25) is 0 Å². The van der Waals surface area contributed by atoms with E-state index in [1.807, 2.05) is 20.8 Å². The average Bonchev–Trinajstić information content (AvgIpc) is 1.63. The van der Waals surface area contributed by atoms with Crippen LogP contribution in [0.1, 0.15) is 27.7 Å². The number of hydrogen-bond acceptors (Lipinski definition) is 3. The van der Waals surface area contributed by atoms with Gasteiger partial charge in [-0.05, 0) is 12.8 Å². The van der Waals surface area contributed by atoms with E-state index >= 15 is 0 Å². The molecule has 0 rings (SSSR count). The Hall–Kier alpha value is -0.570. The lowest BCUT2D eigenvalue weighted by molar-refractivity contribution is -0.147. The number of carbonyl (C=O) groups is 1. The topological polar surface area (TPSA) is 61.3 Å². The van der Waals surface area contributed by atoms with E-state index < -0.39 is 0 Å². The van der Waals surface area contributed by atoms with Gasteiger partial charge < -0.3 is 10.9 Å². The number of hydrogen-bond donors (Lipinski definition) is 1. The van der Waals surface area contributed by atoms with E-state index in [0.29, 0.717) is 5.92 Å². The second-order valence-corrected chi connectivity index (χ2v) is 2.56. The predicted molar refractivity (Wildman–Crippen MR) is 41.1 cm³/mol. The average molecular weight is 147 g/mol. The molecular formula is C7H17NO2. The second kappa shape index (κ2) is 5.23. The van der Waals surface area contributed by atoms with Crippen LogP contribution in [0.5, 0.6) is 0 Å². The van der Waals surface area contributed by atoms with Crippen molar-refractivity contribution in [2.45, 2.75) is 33.8 Å². The van der Waals surface area contributed by atoms with Gasteiger partial charge in [-0.2, -0.15) is 0 Å². The third kappa shape index (κ3) is 5.56. The number of esters is 1. The van der Waals surface area contributed by atoms with Crippen molar-refractivity contribution in [3.8, 4) is 0 Å². The molecule has 0 bridgehead atoms. The van der Waals surface area contributed by atoms with Crippen LogP contribution in [0, 0.1) is 5.92 Å². The highest BCUT2D eigenvalue weighted by Crippen LogP contribution is 2.04.